The summed E-state index contributed by atoms with van der Waals surface area (Å²) >= 11 is 0. The minimum Gasteiger partial charge on any atom is -0.234 e. The SMILES string of the molecule is CCCCCCCCCCCCCCCCCC=CCc1n(CCCCCCCCCC)cc[n+]1CCCCCCCCCCCCCCCCCCCC. The Hall–Kier alpha value is -1.05. The van der Waals surface area contributed by atoms with Gasteiger partial charge in [0.05, 0.1) is 19.5 Å². The normalized spacial score (nSPS) is 11.8. The largest absolute Gasteiger partial charge is 0.260 e. The van der Waals surface area contributed by atoms with Crippen molar-refractivity contribution in [3.8, 4) is 0 Å². The molecule has 1 rings (SSSR count). The molecular weight excluding hydrogens is 665 g/mol. The van der Waals surface area contributed by atoms with Gasteiger partial charge in [-0.2, -0.15) is 0 Å². The molecule has 2 heteroatoms. The van der Waals surface area contributed by atoms with Crippen LogP contribution in [0.2, 0.25) is 0 Å². The molecule has 324 valence electrons. The zero-order valence-corrected chi connectivity index (χ0v) is 38.5. The molecule has 0 aliphatic heterocycles. The minimum atomic E-state index is 1.10. The molecule has 0 aliphatic rings. The summed E-state index contributed by atoms with van der Waals surface area (Å²) in [4.78, 5) is 0. The average molecular weight is 768 g/mol. The van der Waals surface area contributed by atoms with Crippen molar-refractivity contribution in [1.29, 1.82) is 0 Å². The predicted octanol–water partition coefficient (Wildman–Crippen LogP) is 18.3. The third-order valence-electron chi connectivity index (χ3n) is 12.5. The van der Waals surface area contributed by atoms with Gasteiger partial charge in [-0.15, -0.1) is 0 Å². The van der Waals surface area contributed by atoms with Gasteiger partial charge in [0.15, 0.2) is 0 Å². The predicted molar refractivity (Wildman–Crippen MR) is 248 cm³/mol. The van der Waals surface area contributed by atoms with E-state index in [-0.39, 0.29) is 0 Å². The van der Waals surface area contributed by atoms with Crippen molar-refractivity contribution < 1.29 is 4.57 Å². The molecule has 0 fully saturated rings. The summed E-state index contributed by atoms with van der Waals surface area (Å²) in [6.45, 7) is 9.34. The molecule has 0 unspecified atom stereocenters. The monoisotopic (exact) mass is 768 g/mol. The van der Waals surface area contributed by atoms with Gasteiger partial charge in [0.25, 0.3) is 5.82 Å². The highest BCUT2D eigenvalue weighted by Gasteiger charge is 2.15. The number of allylic oxidation sites excluding steroid dienone is 2. The van der Waals surface area contributed by atoms with Crippen LogP contribution in [0.1, 0.15) is 296 Å². The Bertz CT molecular complexity index is 883. The van der Waals surface area contributed by atoms with E-state index in [1.807, 2.05) is 0 Å². The molecule has 1 aromatic heterocycles. The Labute approximate surface area is 348 Å². The van der Waals surface area contributed by atoms with Crippen LogP contribution in [0.25, 0.3) is 0 Å². The smallest absolute Gasteiger partial charge is 0.234 e. The van der Waals surface area contributed by atoms with E-state index in [2.05, 4.69) is 54.5 Å². The molecule has 0 aliphatic carbocycles. The molecule has 2 nitrogen and oxygen atoms in total. The summed E-state index contributed by atoms with van der Waals surface area (Å²) in [5, 5.41) is 0. The lowest BCUT2D eigenvalue weighted by Crippen LogP contribution is -2.37. The molecule has 0 spiro atoms. The maximum Gasteiger partial charge on any atom is 0.260 e. The van der Waals surface area contributed by atoms with Gasteiger partial charge in [-0.05, 0) is 38.5 Å². The van der Waals surface area contributed by atoms with E-state index in [1.54, 1.807) is 5.82 Å². The zero-order chi connectivity index (χ0) is 39.4. The van der Waals surface area contributed by atoms with Gasteiger partial charge in [-0.1, -0.05) is 264 Å². The Morgan fingerprint density at radius 3 is 1.04 bits per heavy atom. The zero-order valence-electron chi connectivity index (χ0n) is 38.5. The molecule has 0 atom stereocenters. The second-order valence-electron chi connectivity index (χ2n) is 18.0. The van der Waals surface area contributed by atoms with Gasteiger partial charge in [0, 0.05) is 0 Å². The highest BCUT2D eigenvalue weighted by molar-refractivity contribution is 4.94. The topological polar surface area (TPSA) is 8.81 Å². The van der Waals surface area contributed by atoms with Crippen molar-refractivity contribution in [2.45, 2.75) is 310 Å². The van der Waals surface area contributed by atoms with E-state index in [9.17, 15) is 0 Å². The molecule has 0 bridgehead atoms. The van der Waals surface area contributed by atoms with Crippen LogP contribution < -0.4 is 4.57 Å². The molecule has 0 aromatic carbocycles. The molecule has 0 N–H and O–H groups in total. The van der Waals surface area contributed by atoms with E-state index in [0.717, 1.165) is 6.42 Å². The molecule has 55 heavy (non-hydrogen) atoms. The Morgan fingerprint density at radius 1 is 0.364 bits per heavy atom. The van der Waals surface area contributed by atoms with Crippen molar-refractivity contribution in [2.75, 3.05) is 0 Å². The van der Waals surface area contributed by atoms with Crippen LogP contribution in [-0.4, -0.2) is 4.57 Å². The number of hydrogen-bond donors (Lipinski definition) is 0. The van der Waals surface area contributed by atoms with E-state index < -0.39 is 0 Å². The summed E-state index contributed by atoms with van der Waals surface area (Å²) in [7, 11) is 0. The van der Waals surface area contributed by atoms with Crippen LogP contribution in [0.4, 0.5) is 0 Å². The highest BCUT2D eigenvalue weighted by atomic mass is 15.1. The number of unbranched alkanes of at least 4 members (excludes halogenated alkanes) is 39. The standard InChI is InChI=1S/C53H103N2/c1-4-7-10-13-16-19-21-23-25-27-29-31-33-35-37-39-42-45-48-53-54(49-46-43-40-18-15-12-9-6-3)51-52-55(53)50-47-44-41-38-36-34-32-30-28-26-24-22-20-17-14-11-8-5-2/h42,45,51-52H,4-41,43-44,46-50H2,1-3H3/q+1. The van der Waals surface area contributed by atoms with Gasteiger partial charge >= 0.3 is 0 Å². The van der Waals surface area contributed by atoms with Crippen LogP contribution in [0.3, 0.4) is 0 Å². The van der Waals surface area contributed by atoms with Gasteiger partial charge in [-0.3, -0.25) is 0 Å². The van der Waals surface area contributed by atoms with Crippen molar-refractivity contribution in [1.82, 2.24) is 4.57 Å². The maximum absolute atomic E-state index is 2.61. The van der Waals surface area contributed by atoms with Crippen LogP contribution >= 0.6 is 0 Å². The second-order valence-corrected chi connectivity index (χ2v) is 18.0. The fourth-order valence-electron chi connectivity index (χ4n) is 8.68. The van der Waals surface area contributed by atoms with E-state index >= 15 is 0 Å². The summed E-state index contributed by atoms with van der Waals surface area (Å²) in [6.07, 6.45) is 71.1. The minimum absolute atomic E-state index is 1.10. The van der Waals surface area contributed by atoms with Gasteiger partial charge in [0.2, 0.25) is 0 Å². The molecular formula is C53H103N2+. The number of hydrogen-bond acceptors (Lipinski definition) is 0. The maximum atomic E-state index is 2.61. The second kappa shape index (κ2) is 44.1. The number of nitrogens with zero attached hydrogens (tertiary/aromatic N) is 2. The van der Waals surface area contributed by atoms with Gasteiger partial charge < -0.3 is 0 Å². The first-order chi connectivity index (χ1) is 27.3. The quantitative estimate of drug-likeness (QED) is 0.0355. The number of rotatable bonds is 46. The number of aryl methyl sites for hydroxylation is 2. The fourth-order valence-corrected chi connectivity index (χ4v) is 8.68. The molecule has 1 aromatic rings. The first-order valence-electron chi connectivity index (χ1n) is 26.1. The Kier molecular flexibility index (Phi) is 41.6. The van der Waals surface area contributed by atoms with E-state index in [0.29, 0.717) is 0 Å². The molecule has 0 amide bonds. The summed E-state index contributed by atoms with van der Waals surface area (Å²) in [6, 6.07) is 0. The van der Waals surface area contributed by atoms with Gasteiger partial charge in [0.1, 0.15) is 12.4 Å². The molecule has 0 saturated heterocycles. The molecule has 0 saturated carbocycles. The molecule has 1 heterocycles. The lowest BCUT2D eigenvalue weighted by Gasteiger charge is -2.06. The number of aromatic nitrogens is 2. The van der Waals surface area contributed by atoms with Crippen LogP contribution in [-0.2, 0) is 19.5 Å². The van der Waals surface area contributed by atoms with E-state index in [4.69, 9.17) is 0 Å². The third-order valence-corrected chi connectivity index (χ3v) is 12.5. The Morgan fingerprint density at radius 2 is 0.673 bits per heavy atom. The fraction of sp³-hybridized carbons (Fsp3) is 0.906. The van der Waals surface area contributed by atoms with Crippen LogP contribution in [0.5, 0.6) is 0 Å². The third kappa shape index (κ3) is 35.8. The summed E-state index contributed by atoms with van der Waals surface area (Å²) < 4.78 is 5.21. The van der Waals surface area contributed by atoms with Gasteiger partial charge in [-0.25, -0.2) is 9.13 Å². The average Bonchev–Trinajstić information content (AvgIpc) is 3.58. The first-order valence-corrected chi connectivity index (χ1v) is 26.1. The lowest BCUT2D eigenvalue weighted by atomic mass is 10.0. The van der Waals surface area contributed by atoms with Crippen molar-refractivity contribution in [2.24, 2.45) is 0 Å². The highest BCUT2D eigenvalue weighted by Crippen LogP contribution is 2.17. The van der Waals surface area contributed by atoms with Crippen LogP contribution in [0.15, 0.2) is 24.5 Å². The summed E-state index contributed by atoms with van der Waals surface area (Å²) in [5.41, 5.74) is 0. The van der Waals surface area contributed by atoms with Crippen molar-refractivity contribution >= 4 is 0 Å². The summed E-state index contributed by atoms with van der Waals surface area (Å²) in [5.74, 6) is 1.54. The van der Waals surface area contributed by atoms with Crippen molar-refractivity contribution in [3.05, 3.63) is 30.4 Å². The lowest BCUT2D eigenvalue weighted by molar-refractivity contribution is -0.703. The Balaban J connectivity index is 2.21. The van der Waals surface area contributed by atoms with E-state index in [1.165, 1.54) is 283 Å². The first kappa shape index (κ1) is 52.0. The van der Waals surface area contributed by atoms with Crippen molar-refractivity contribution in [3.63, 3.8) is 0 Å². The van der Waals surface area contributed by atoms with Crippen LogP contribution in [0, 0.1) is 0 Å². The number of imidazole rings is 1. The molecule has 0 radical (unpaired) electrons.